The molecule has 9 atom stereocenters. The highest BCUT2D eigenvalue weighted by atomic mass is 19.4. The number of rotatable bonds is 4. The predicted molar refractivity (Wildman–Crippen MR) is 143 cm³/mol. The summed E-state index contributed by atoms with van der Waals surface area (Å²) in [6.45, 7) is 4.97. The lowest BCUT2D eigenvalue weighted by Gasteiger charge is -2.39. The Kier molecular flexibility index (Phi) is 6.67. The Labute approximate surface area is 246 Å². The maximum absolute atomic E-state index is 14.5. The summed E-state index contributed by atoms with van der Waals surface area (Å²) in [5.41, 5.74) is -2.38. The standard InChI is InChI=1S/C29H33F3N6O5/c1-27(2,3)22(35-13-39)25(41)37-11-17-14-7-16(18(8-14)29(30,31)32)20(17)21(37)24(40)38-12-28(9-15(38)10-33)26(42)36-23-19(43-28)5-4-6-34-23/h4-6,13-18,20-22H,7-9,11-12H2,1-3H3,(H,35,39)(H,34,36,42). The van der Waals surface area contributed by atoms with E-state index in [9.17, 15) is 37.6 Å². The van der Waals surface area contributed by atoms with E-state index >= 15 is 0 Å². The molecule has 0 radical (unpaired) electrons. The van der Waals surface area contributed by atoms with E-state index in [1.165, 1.54) is 16.0 Å². The molecule has 2 bridgehead atoms. The van der Waals surface area contributed by atoms with Crippen molar-refractivity contribution >= 4 is 29.9 Å². The topological polar surface area (TPSA) is 145 Å². The van der Waals surface area contributed by atoms with Gasteiger partial charge in [0.25, 0.3) is 5.91 Å². The summed E-state index contributed by atoms with van der Waals surface area (Å²) in [6, 6.07) is 1.81. The van der Waals surface area contributed by atoms with Gasteiger partial charge in [0.05, 0.1) is 18.5 Å². The zero-order valence-electron chi connectivity index (χ0n) is 23.9. The smallest absolute Gasteiger partial charge is 0.392 e. The number of nitriles is 1. The highest BCUT2D eigenvalue weighted by Crippen LogP contribution is 2.63. The van der Waals surface area contributed by atoms with Crippen LogP contribution in [0.2, 0.25) is 0 Å². The van der Waals surface area contributed by atoms with E-state index in [4.69, 9.17) is 4.74 Å². The number of ether oxygens (including phenoxy) is 1. The van der Waals surface area contributed by atoms with E-state index in [0.717, 1.165) is 0 Å². The summed E-state index contributed by atoms with van der Waals surface area (Å²) in [4.78, 5) is 59.9. The van der Waals surface area contributed by atoms with Gasteiger partial charge in [0.1, 0.15) is 18.1 Å². The Morgan fingerprint density at radius 3 is 2.65 bits per heavy atom. The van der Waals surface area contributed by atoms with Crippen LogP contribution in [-0.4, -0.2) is 81.9 Å². The van der Waals surface area contributed by atoms with Crippen molar-refractivity contribution in [2.24, 2.45) is 35.0 Å². The molecule has 3 aliphatic heterocycles. The third kappa shape index (κ3) is 4.50. The lowest BCUT2D eigenvalue weighted by Crippen LogP contribution is -2.59. The van der Waals surface area contributed by atoms with Gasteiger partial charge in [0, 0.05) is 19.2 Å². The van der Waals surface area contributed by atoms with E-state index < -0.39 is 70.8 Å². The minimum absolute atomic E-state index is 0.0529. The molecule has 14 heteroatoms. The molecule has 2 saturated carbocycles. The van der Waals surface area contributed by atoms with Crippen LogP contribution in [-0.2, 0) is 19.2 Å². The number of likely N-dealkylation sites (tertiary alicyclic amines) is 2. The number of pyridine rings is 1. The Morgan fingerprint density at radius 2 is 2.00 bits per heavy atom. The van der Waals surface area contributed by atoms with Crippen molar-refractivity contribution in [3.8, 4) is 11.8 Å². The molecular formula is C29H33F3N6O5. The first-order chi connectivity index (χ1) is 20.2. The number of nitrogens with zero attached hydrogens (tertiary/aromatic N) is 4. The monoisotopic (exact) mass is 602 g/mol. The van der Waals surface area contributed by atoms with E-state index in [-0.39, 0.29) is 49.3 Å². The van der Waals surface area contributed by atoms with Gasteiger partial charge in [-0.1, -0.05) is 20.8 Å². The van der Waals surface area contributed by atoms with Crippen LogP contribution in [0.3, 0.4) is 0 Å². The zero-order valence-corrected chi connectivity index (χ0v) is 23.9. The van der Waals surface area contributed by atoms with Crippen molar-refractivity contribution in [1.29, 1.82) is 5.26 Å². The van der Waals surface area contributed by atoms with Gasteiger partial charge in [-0.3, -0.25) is 19.2 Å². The highest BCUT2D eigenvalue weighted by Gasteiger charge is 2.68. The molecule has 2 saturated heterocycles. The van der Waals surface area contributed by atoms with Crippen molar-refractivity contribution in [3.63, 3.8) is 0 Å². The lowest BCUT2D eigenvalue weighted by molar-refractivity contribution is -0.195. The summed E-state index contributed by atoms with van der Waals surface area (Å²) in [7, 11) is 0. The Hall–Kier alpha value is -3.89. The first-order valence-electron chi connectivity index (χ1n) is 14.4. The van der Waals surface area contributed by atoms with Crippen molar-refractivity contribution in [3.05, 3.63) is 18.3 Å². The fourth-order valence-electron chi connectivity index (χ4n) is 8.30. The van der Waals surface area contributed by atoms with Crippen molar-refractivity contribution < 1.29 is 37.1 Å². The van der Waals surface area contributed by atoms with Crippen LogP contribution in [0.1, 0.15) is 40.0 Å². The van der Waals surface area contributed by atoms with Gasteiger partial charge in [0.15, 0.2) is 11.6 Å². The third-order valence-electron chi connectivity index (χ3n) is 10.1. The summed E-state index contributed by atoms with van der Waals surface area (Å²) in [5.74, 6) is -5.26. The first-order valence-corrected chi connectivity index (χ1v) is 14.4. The number of amides is 4. The molecule has 11 nitrogen and oxygen atoms in total. The molecule has 4 amide bonds. The van der Waals surface area contributed by atoms with Crippen LogP contribution in [0.25, 0.3) is 0 Å². The molecule has 5 aliphatic rings. The number of anilines is 1. The summed E-state index contributed by atoms with van der Waals surface area (Å²) >= 11 is 0. The van der Waals surface area contributed by atoms with Crippen LogP contribution in [0.4, 0.5) is 19.0 Å². The molecule has 9 unspecified atom stereocenters. The van der Waals surface area contributed by atoms with Crippen LogP contribution in [0.15, 0.2) is 18.3 Å². The van der Waals surface area contributed by atoms with Crippen molar-refractivity contribution in [2.75, 3.05) is 18.4 Å². The van der Waals surface area contributed by atoms with Crippen LogP contribution in [0.5, 0.6) is 5.75 Å². The van der Waals surface area contributed by atoms with Gasteiger partial charge in [0.2, 0.25) is 23.8 Å². The molecule has 4 heterocycles. The quantitative estimate of drug-likeness (QED) is 0.502. The van der Waals surface area contributed by atoms with Crippen molar-refractivity contribution in [2.45, 2.75) is 69.9 Å². The number of aromatic nitrogens is 1. The van der Waals surface area contributed by atoms with E-state index in [1.54, 1.807) is 32.9 Å². The highest BCUT2D eigenvalue weighted by molar-refractivity contribution is 6.01. The zero-order chi connectivity index (χ0) is 31.1. The maximum atomic E-state index is 14.5. The lowest BCUT2D eigenvalue weighted by atomic mass is 9.72. The number of carbonyl (C=O) groups is 4. The molecule has 1 spiro atoms. The van der Waals surface area contributed by atoms with E-state index in [1.807, 2.05) is 0 Å². The Balaban J connectivity index is 1.37. The second-order valence-electron chi connectivity index (χ2n) is 13.5. The van der Waals surface area contributed by atoms with Gasteiger partial charge in [-0.25, -0.2) is 4.98 Å². The molecule has 0 aromatic carbocycles. The number of nitrogens with one attached hydrogen (secondary N) is 2. The van der Waals surface area contributed by atoms with Gasteiger partial charge in [-0.2, -0.15) is 18.4 Å². The molecule has 230 valence electrons. The summed E-state index contributed by atoms with van der Waals surface area (Å²) < 4.78 is 48.4. The molecule has 2 N–H and O–H groups in total. The van der Waals surface area contributed by atoms with Gasteiger partial charge < -0.3 is 25.2 Å². The summed E-state index contributed by atoms with van der Waals surface area (Å²) in [6.07, 6.45) is -2.50. The maximum Gasteiger partial charge on any atom is 0.392 e. The number of halogens is 3. The normalized spacial score (nSPS) is 35.1. The Morgan fingerprint density at radius 1 is 1.26 bits per heavy atom. The molecule has 1 aromatic heterocycles. The minimum Gasteiger partial charge on any atom is -0.472 e. The predicted octanol–water partition coefficient (Wildman–Crippen LogP) is 2.10. The number of fused-ring (bicyclic) bond motifs is 6. The number of hydrogen-bond donors (Lipinski definition) is 2. The number of alkyl halides is 3. The van der Waals surface area contributed by atoms with Crippen LogP contribution < -0.4 is 15.4 Å². The van der Waals surface area contributed by atoms with Crippen LogP contribution >= 0.6 is 0 Å². The minimum atomic E-state index is -4.45. The largest absolute Gasteiger partial charge is 0.472 e. The molecule has 6 rings (SSSR count). The molecular weight excluding hydrogens is 569 g/mol. The van der Waals surface area contributed by atoms with Gasteiger partial charge in [-0.15, -0.1) is 0 Å². The average molecular weight is 603 g/mol. The van der Waals surface area contributed by atoms with Crippen molar-refractivity contribution in [1.82, 2.24) is 20.1 Å². The molecule has 4 fully saturated rings. The van der Waals surface area contributed by atoms with Crippen LogP contribution in [0, 0.1) is 46.3 Å². The molecule has 2 aliphatic carbocycles. The molecule has 43 heavy (non-hydrogen) atoms. The SMILES string of the molecule is CC(C)(C)C(NC=O)C(=O)N1CC2C3CC(C2C1C(=O)N1CC2(CC1C#N)Oc1cccnc1NC2=O)C(C(F)(F)F)C3. The molecule has 1 aromatic rings. The fourth-order valence-corrected chi connectivity index (χ4v) is 8.30. The number of carbonyl (C=O) groups excluding carboxylic acids is 4. The van der Waals surface area contributed by atoms with Gasteiger partial charge >= 0.3 is 6.18 Å². The van der Waals surface area contributed by atoms with Gasteiger partial charge in [-0.05, 0) is 54.1 Å². The third-order valence-corrected chi connectivity index (χ3v) is 10.1. The van der Waals surface area contributed by atoms with E-state index in [0.29, 0.717) is 12.8 Å². The summed E-state index contributed by atoms with van der Waals surface area (Å²) in [5, 5.41) is 15.3. The fraction of sp³-hybridized carbons (Fsp3) is 0.655. The number of hydrogen-bond acceptors (Lipinski definition) is 7. The Bertz CT molecular complexity index is 1410. The second-order valence-corrected chi connectivity index (χ2v) is 13.5. The average Bonchev–Trinajstić information content (AvgIpc) is 3.70. The van der Waals surface area contributed by atoms with E-state index in [2.05, 4.69) is 21.7 Å². The second kappa shape index (κ2) is 9.82. The first kappa shape index (κ1) is 29.2.